The minimum Gasteiger partial charge on any atom is -0.481 e. The van der Waals surface area contributed by atoms with Gasteiger partial charge in [-0.3, -0.25) is 4.79 Å². The maximum Gasteiger partial charge on any atom is 0.308 e. The molecule has 64 valence electrons. The third-order valence-electron chi connectivity index (χ3n) is 2.19. The summed E-state index contributed by atoms with van der Waals surface area (Å²) < 4.78 is 0. The number of hydrogen-bond donors (Lipinski definition) is 3. The Balaban J connectivity index is 2.50. The molecule has 1 rings (SSSR count). The van der Waals surface area contributed by atoms with Gasteiger partial charge in [-0.1, -0.05) is 0 Å². The van der Waals surface area contributed by atoms with E-state index in [4.69, 9.17) is 15.9 Å². The van der Waals surface area contributed by atoms with E-state index in [9.17, 15) is 4.79 Å². The maximum absolute atomic E-state index is 10.5. The van der Waals surface area contributed by atoms with Crippen molar-refractivity contribution in [2.75, 3.05) is 0 Å². The zero-order valence-electron chi connectivity index (χ0n) is 6.23. The summed E-state index contributed by atoms with van der Waals surface area (Å²) in [6.07, 6.45) is 1.07. The molecule has 4 N–H and O–H groups in total. The van der Waals surface area contributed by atoms with E-state index in [1.807, 2.05) is 0 Å². The maximum atomic E-state index is 10.5. The van der Waals surface area contributed by atoms with Crippen LogP contribution >= 0.6 is 0 Å². The normalized spacial score (nSPS) is 38.5. The van der Waals surface area contributed by atoms with E-state index in [2.05, 4.69) is 0 Å². The van der Waals surface area contributed by atoms with Gasteiger partial charge in [0.15, 0.2) is 0 Å². The van der Waals surface area contributed by atoms with Crippen LogP contribution < -0.4 is 5.73 Å². The Kier molecular flexibility index (Phi) is 2.46. The summed E-state index contributed by atoms with van der Waals surface area (Å²) in [5.74, 6) is -1.30. The summed E-state index contributed by atoms with van der Waals surface area (Å²) in [4.78, 5) is 10.5. The molecule has 0 saturated heterocycles. The van der Waals surface area contributed by atoms with Gasteiger partial charge < -0.3 is 15.9 Å². The molecule has 0 spiro atoms. The van der Waals surface area contributed by atoms with Crippen molar-refractivity contribution < 1.29 is 15.0 Å². The lowest BCUT2D eigenvalue weighted by Crippen LogP contribution is -2.42. The highest BCUT2D eigenvalue weighted by Crippen LogP contribution is 2.23. The van der Waals surface area contributed by atoms with Crippen LogP contribution in [0.15, 0.2) is 0 Å². The molecule has 1 aliphatic rings. The van der Waals surface area contributed by atoms with Crippen molar-refractivity contribution in [3.05, 3.63) is 0 Å². The average Bonchev–Trinajstić information content (AvgIpc) is 1.85. The monoisotopic (exact) mass is 159 g/mol. The average molecular weight is 159 g/mol. The van der Waals surface area contributed by atoms with E-state index in [1.54, 1.807) is 0 Å². The Bertz CT molecular complexity index is 160. The first kappa shape index (κ1) is 8.49. The minimum atomic E-state index is -0.843. The molecular formula is C7H13NO3. The van der Waals surface area contributed by atoms with Crippen molar-refractivity contribution in [2.24, 2.45) is 11.7 Å². The van der Waals surface area contributed by atoms with Crippen LogP contribution in [0.25, 0.3) is 0 Å². The van der Waals surface area contributed by atoms with Crippen LogP contribution in [-0.2, 0) is 4.79 Å². The lowest BCUT2D eigenvalue weighted by molar-refractivity contribution is -0.144. The molecule has 0 heterocycles. The molecule has 0 aliphatic heterocycles. The number of nitrogens with two attached hydrogens (primary N) is 1. The zero-order chi connectivity index (χ0) is 8.43. The van der Waals surface area contributed by atoms with E-state index in [0.717, 1.165) is 0 Å². The standard InChI is InChI=1S/C7H13NO3/c8-6-3-4(9)1-2-5(6)7(10)11/h4-6,9H,1-3,8H2,(H,10,11)/t4-,5-,6-/m1/s1. The predicted octanol–water partition coefficient (Wildman–Crippen LogP) is -0.441. The van der Waals surface area contributed by atoms with Gasteiger partial charge in [-0.15, -0.1) is 0 Å². The van der Waals surface area contributed by atoms with Crippen LogP contribution in [-0.4, -0.2) is 28.3 Å². The second-order valence-corrected chi connectivity index (χ2v) is 3.08. The van der Waals surface area contributed by atoms with Crippen LogP contribution in [0.2, 0.25) is 0 Å². The molecule has 0 bridgehead atoms. The fourth-order valence-electron chi connectivity index (χ4n) is 1.49. The SMILES string of the molecule is N[C@@H]1C[C@H](O)CC[C@H]1C(=O)O. The number of rotatable bonds is 1. The van der Waals surface area contributed by atoms with Crippen LogP contribution in [0.3, 0.4) is 0 Å². The first-order valence-corrected chi connectivity index (χ1v) is 3.77. The van der Waals surface area contributed by atoms with Gasteiger partial charge in [-0.25, -0.2) is 0 Å². The third kappa shape index (κ3) is 1.91. The van der Waals surface area contributed by atoms with Gasteiger partial charge in [-0.05, 0) is 19.3 Å². The number of aliphatic carboxylic acids is 1. The van der Waals surface area contributed by atoms with Crippen LogP contribution in [0.1, 0.15) is 19.3 Å². The number of carboxylic acids is 1. The van der Waals surface area contributed by atoms with Crippen LogP contribution in [0.4, 0.5) is 0 Å². The lowest BCUT2D eigenvalue weighted by atomic mass is 9.83. The summed E-state index contributed by atoms with van der Waals surface area (Å²) in [6.45, 7) is 0. The number of aliphatic hydroxyl groups is 1. The Morgan fingerprint density at radius 2 is 2.09 bits per heavy atom. The second-order valence-electron chi connectivity index (χ2n) is 3.08. The van der Waals surface area contributed by atoms with Gasteiger partial charge in [0.05, 0.1) is 12.0 Å². The lowest BCUT2D eigenvalue weighted by Gasteiger charge is -2.28. The second kappa shape index (κ2) is 3.19. The highest BCUT2D eigenvalue weighted by molar-refractivity contribution is 5.71. The fourth-order valence-corrected chi connectivity index (χ4v) is 1.49. The molecule has 11 heavy (non-hydrogen) atoms. The molecule has 0 amide bonds. The van der Waals surface area contributed by atoms with Crippen molar-refractivity contribution in [1.82, 2.24) is 0 Å². The van der Waals surface area contributed by atoms with Crippen LogP contribution in [0.5, 0.6) is 0 Å². The highest BCUT2D eigenvalue weighted by atomic mass is 16.4. The molecule has 1 fully saturated rings. The largest absolute Gasteiger partial charge is 0.481 e. The molecule has 0 aromatic heterocycles. The topological polar surface area (TPSA) is 83.5 Å². The van der Waals surface area contributed by atoms with Gasteiger partial charge in [-0.2, -0.15) is 0 Å². The van der Waals surface area contributed by atoms with Gasteiger partial charge in [0.2, 0.25) is 0 Å². The van der Waals surface area contributed by atoms with Crippen molar-refractivity contribution >= 4 is 5.97 Å². The summed E-state index contributed by atoms with van der Waals surface area (Å²) >= 11 is 0. The van der Waals surface area contributed by atoms with Crippen molar-refractivity contribution in [1.29, 1.82) is 0 Å². The molecule has 4 nitrogen and oxygen atoms in total. The zero-order valence-corrected chi connectivity index (χ0v) is 6.23. The third-order valence-corrected chi connectivity index (χ3v) is 2.19. The first-order valence-electron chi connectivity index (χ1n) is 3.77. The van der Waals surface area contributed by atoms with E-state index < -0.39 is 18.0 Å². The molecule has 1 saturated carbocycles. The van der Waals surface area contributed by atoms with E-state index in [-0.39, 0.29) is 6.04 Å². The van der Waals surface area contributed by atoms with Gasteiger partial charge in [0.25, 0.3) is 0 Å². The quantitative estimate of drug-likeness (QED) is 0.484. The van der Waals surface area contributed by atoms with Crippen molar-refractivity contribution in [3.63, 3.8) is 0 Å². The summed E-state index contributed by atoms with van der Waals surface area (Å²) in [5, 5.41) is 17.7. The first-order chi connectivity index (χ1) is 5.11. The van der Waals surface area contributed by atoms with Gasteiger partial charge in [0.1, 0.15) is 0 Å². The Labute approximate surface area is 65.0 Å². The molecule has 3 atom stereocenters. The van der Waals surface area contributed by atoms with Crippen molar-refractivity contribution in [3.8, 4) is 0 Å². The number of aliphatic hydroxyl groups excluding tert-OH is 1. The molecular weight excluding hydrogens is 146 g/mol. The van der Waals surface area contributed by atoms with E-state index >= 15 is 0 Å². The molecule has 0 radical (unpaired) electrons. The van der Waals surface area contributed by atoms with Crippen LogP contribution in [0, 0.1) is 5.92 Å². The van der Waals surface area contributed by atoms with Gasteiger partial charge >= 0.3 is 5.97 Å². The number of carboxylic acid groups (broad SMARTS) is 1. The Morgan fingerprint density at radius 3 is 2.55 bits per heavy atom. The van der Waals surface area contributed by atoms with E-state index in [1.165, 1.54) is 0 Å². The molecule has 4 heteroatoms. The van der Waals surface area contributed by atoms with E-state index in [0.29, 0.717) is 19.3 Å². The molecule has 1 aliphatic carbocycles. The summed E-state index contributed by atoms with van der Waals surface area (Å²) in [5.41, 5.74) is 5.53. The fraction of sp³-hybridized carbons (Fsp3) is 0.857. The summed E-state index contributed by atoms with van der Waals surface area (Å²) in [7, 11) is 0. The van der Waals surface area contributed by atoms with Gasteiger partial charge in [0, 0.05) is 6.04 Å². The predicted molar refractivity (Wildman–Crippen MR) is 39.0 cm³/mol. The smallest absolute Gasteiger partial charge is 0.308 e. The molecule has 0 aromatic rings. The highest BCUT2D eigenvalue weighted by Gasteiger charge is 2.31. The van der Waals surface area contributed by atoms with Crippen molar-refractivity contribution in [2.45, 2.75) is 31.4 Å². The number of carbonyl (C=O) groups is 1. The number of hydrogen-bond acceptors (Lipinski definition) is 3. The minimum absolute atomic E-state index is 0.378. The Hall–Kier alpha value is -0.610. The molecule has 0 unspecified atom stereocenters. The molecule has 0 aromatic carbocycles. The Morgan fingerprint density at radius 1 is 1.45 bits per heavy atom. The summed E-state index contributed by atoms with van der Waals surface area (Å²) in [6, 6.07) is -0.378.